The minimum atomic E-state index is -1.19. The smallest absolute Gasteiger partial charge is 0.408 e. The highest BCUT2D eigenvalue weighted by Crippen LogP contribution is 2.21. The quantitative estimate of drug-likeness (QED) is 0.0456. The van der Waals surface area contributed by atoms with Gasteiger partial charge in [0.15, 0.2) is 5.96 Å². The zero-order valence-electron chi connectivity index (χ0n) is 34.9. The minimum absolute atomic E-state index is 0.0118. The Labute approximate surface area is 351 Å². The summed E-state index contributed by atoms with van der Waals surface area (Å²) in [4.78, 5) is 83.5. The molecule has 18 heteroatoms. The molecule has 11 N–H and O–H groups in total. The topological polar surface area (TPSA) is 281 Å². The Hall–Kier alpha value is -5.91. The number of rotatable bonds is 23. The molecule has 1 fully saturated rings. The molecular formula is C42H63N9O9. The third-order valence-corrected chi connectivity index (χ3v) is 9.47. The van der Waals surface area contributed by atoms with Crippen LogP contribution in [0.1, 0.15) is 83.3 Å². The van der Waals surface area contributed by atoms with Crippen LogP contribution in [0.15, 0.2) is 65.7 Å². The molecule has 0 aliphatic carbocycles. The molecule has 2 aromatic rings. The number of primary amides is 1. The van der Waals surface area contributed by atoms with Crippen molar-refractivity contribution in [2.24, 2.45) is 28.1 Å². The van der Waals surface area contributed by atoms with Crippen LogP contribution >= 0.6 is 0 Å². The number of amides is 6. The van der Waals surface area contributed by atoms with E-state index in [2.05, 4.69) is 31.6 Å². The number of carbonyl (C=O) groups is 6. The zero-order valence-corrected chi connectivity index (χ0v) is 34.9. The van der Waals surface area contributed by atoms with E-state index in [4.69, 9.17) is 31.4 Å². The van der Waals surface area contributed by atoms with E-state index >= 15 is 0 Å². The van der Waals surface area contributed by atoms with Gasteiger partial charge in [0.2, 0.25) is 23.6 Å². The highest BCUT2D eigenvalue weighted by atomic mass is 16.6. The normalized spacial score (nSPS) is 14.8. The van der Waals surface area contributed by atoms with Gasteiger partial charge in [-0.1, -0.05) is 60.7 Å². The molecule has 0 bridgehead atoms. The first-order valence-corrected chi connectivity index (χ1v) is 20.4. The second-order valence-electron chi connectivity index (χ2n) is 15.7. The summed E-state index contributed by atoms with van der Waals surface area (Å²) in [6.07, 6.45) is 1.64. The number of nitrogens with zero attached hydrogens (tertiary/aromatic N) is 1. The third kappa shape index (κ3) is 19.7. The number of carbonyl (C=O) groups excluding carboxylic acids is 6. The summed E-state index contributed by atoms with van der Waals surface area (Å²) in [5.74, 6) is -2.85. The molecule has 0 unspecified atom stereocenters. The third-order valence-electron chi connectivity index (χ3n) is 9.47. The average molecular weight is 838 g/mol. The average Bonchev–Trinajstić information content (AvgIpc) is 3.20. The number of alkyl carbamates (subject to hydrolysis) is 2. The van der Waals surface area contributed by atoms with E-state index in [0.29, 0.717) is 38.9 Å². The first-order chi connectivity index (χ1) is 28.6. The first-order valence-electron chi connectivity index (χ1n) is 20.4. The number of ether oxygens (including phenoxy) is 3. The maximum Gasteiger partial charge on any atom is 0.408 e. The number of nitrogens with one attached hydrogen (secondary N) is 5. The van der Waals surface area contributed by atoms with Gasteiger partial charge in [-0.25, -0.2) is 9.59 Å². The highest BCUT2D eigenvalue weighted by Gasteiger charge is 2.33. The molecule has 6 amide bonds. The summed E-state index contributed by atoms with van der Waals surface area (Å²) in [6, 6.07) is 13.8. The zero-order chi connectivity index (χ0) is 43.9. The van der Waals surface area contributed by atoms with Crippen molar-refractivity contribution >= 4 is 41.8 Å². The molecule has 0 saturated carbocycles. The molecular weight excluding hydrogens is 775 g/mol. The van der Waals surface area contributed by atoms with Crippen molar-refractivity contribution in [2.45, 2.75) is 115 Å². The van der Waals surface area contributed by atoms with E-state index in [1.807, 2.05) is 36.4 Å². The number of aliphatic imine (C=N–C) groups is 1. The fourth-order valence-electron chi connectivity index (χ4n) is 6.37. The standard InChI is InChI=1S/C42H63N9O9/c1-42(2,3)60-41(57)51-34(25-28-13-6-4-7-14-28)38(55)49-32(18-12-22-46-39(44)45)36(53)50-33(26-29-19-23-58-24-20-29)37(54)48-31(35(43)52)17-10-11-21-47-40(56)59-27-30-15-8-5-9-16-30/h4-9,13-16,29,31-34H,10-12,17-27H2,1-3H3,(H2,43,52)(H,47,56)(H,48,54)(H,49,55)(H,50,53)(H,51,57)(H4,44,45,46)/t31-,32+,33-,34-/m0/s1. The van der Waals surface area contributed by atoms with E-state index in [-0.39, 0.29) is 63.7 Å². The summed E-state index contributed by atoms with van der Waals surface area (Å²) in [5, 5.41) is 13.6. The van der Waals surface area contributed by atoms with E-state index in [1.165, 1.54) is 0 Å². The lowest BCUT2D eigenvalue weighted by atomic mass is 9.91. The van der Waals surface area contributed by atoms with Gasteiger partial charge in [0.1, 0.15) is 36.4 Å². The number of unbranched alkanes of at least 4 members (excludes halogenated alkanes) is 1. The van der Waals surface area contributed by atoms with Crippen molar-refractivity contribution in [1.29, 1.82) is 0 Å². The molecule has 3 rings (SSSR count). The molecule has 1 heterocycles. The van der Waals surface area contributed by atoms with Gasteiger partial charge in [-0.15, -0.1) is 0 Å². The lowest BCUT2D eigenvalue weighted by Crippen LogP contribution is -2.58. The summed E-state index contributed by atoms with van der Waals surface area (Å²) >= 11 is 0. The highest BCUT2D eigenvalue weighted by molar-refractivity contribution is 5.95. The van der Waals surface area contributed by atoms with Crippen LogP contribution in [-0.4, -0.2) is 97.8 Å². The summed E-state index contributed by atoms with van der Waals surface area (Å²) in [5.41, 5.74) is 17.5. The predicted octanol–water partition coefficient (Wildman–Crippen LogP) is 2.03. The van der Waals surface area contributed by atoms with Gasteiger partial charge in [-0.2, -0.15) is 0 Å². The van der Waals surface area contributed by atoms with Crippen LogP contribution in [0.4, 0.5) is 9.59 Å². The molecule has 60 heavy (non-hydrogen) atoms. The van der Waals surface area contributed by atoms with Gasteiger partial charge in [0, 0.05) is 32.7 Å². The number of hydrogen-bond donors (Lipinski definition) is 8. The van der Waals surface area contributed by atoms with Crippen molar-refractivity contribution in [3.05, 3.63) is 71.8 Å². The maximum atomic E-state index is 14.1. The Morgan fingerprint density at radius 3 is 1.90 bits per heavy atom. The Balaban J connectivity index is 1.72. The van der Waals surface area contributed by atoms with Gasteiger partial charge in [-0.3, -0.25) is 24.2 Å². The summed E-state index contributed by atoms with van der Waals surface area (Å²) in [6.45, 7) is 6.61. The van der Waals surface area contributed by atoms with Gasteiger partial charge >= 0.3 is 12.2 Å². The summed E-state index contributed by atoms with van der Waals surface area (Å²) in [7, 11) is 0. The monoisotopic (exact) mass is 837 g/mol. The number of benzene rings is 2. The fraction of sp³-hybridized carbons (Fsp3) is 0.548. The van der Waals surface area contributed by atoms with Gasteiger partial charge in [0.05, 0.1) is 0 Å². The Kier molecular flexibility index (Phi) is 20.6. The molecule has 2 aromatic carbocycles. The van der Waals surface area contributed by atoms with E-state index in [0.717, 1.165) is 11.1 Å². The summed E-state index contributed by atoms with van der Waals surface area (Å²) < 4.78 is 16.2. The largest absolute Gasteiger partial charge is 0.445 e. The Morgan fingerprint density at radius 1 is 0.717 bits per heavy atom. The van der Waals surface area contributed by atoms with E-state index in [9.17, 15) is 28.8 Å². The second-order valence-corrected chi connectivity index (χ2v) is 15.7. The van der Waals surface area contributed by atoms with Crippen molar-refractivity contribution in [2.75, 3.05) is 26.3 Å². The predicted molar refractivity (Wildman–Crippen MR) is 225 cm³/mol. The fourth-order valence-corrected chi connectivity index (χ4v) is 6.37. The molecule has 1 saturated heterocycles. The lowest BCUT2D eigenvalue weighted by Gasteiger charge is -2.29. The van der Waals surface area contributed by atoms with Crippen LogP contribution in [0.25, 0.3) is 0 Å². The van der Waals surface area contributed by atoms with Gasteiger partial charge in [-0.05, 0) is 89.2 Å². The van der Waals surface area contributed by atoms with Crippen molar-refractivity contribution in [1.82, 2.24) is 26.6 Å². The van der Waals surface area contributed by atoms with Crippen molar-refractivity contribution in [3.8, 4) is 0 Å². The molecule has 0 radical (unpaired) electrons. The van der Waals surface area contributed by atoms with Crippen LogP contribution in [0.2, 0.25) is 0 Å². The lowest BCUT2D eigenvalue weighted by molar-refractivity contribution is -0.134. The first kappa shape index (κ1) is 48.5. The van der Waals surface area contributed by atoms with E-state index < -0.39 is 65.6 Å². The second kappa shape index (κ2) is 25.5. The SMILES string of the molecule is CC(C)(C)OC(=O)N[C@@H](Cc1ccccc1)C(=O)N[C@H](CCCN=C(N)N)C(=O)N[C@@H](CC1CCOCC1)C(=O)N[C@@H](CCCCNC(=O)OCc1ccccc1)C(N)=O. The molecule has 0 spiro atoms. The minimum Gasteiger partial charge on any atom is -0.445 e. The van der Waals surface area contributed by atoms with Crippen molar-refractivity contribution < 1.29 is 43.0 Å². The maximum absolute atomic E-state index is 14.1. The molecule has 1 aliphatic heterocycles. The van der Waals surface area contributed by atoms with E-state index in [1.54, 1.807) is 45.0 Å². The van der Waals surface area contributed by atoms with Crippen molar-refractivity contribution in [3.63, 3.8) is 0 Å². The van der Waals surface area contributed by atoms with Gasteiger partial charge in [0.25, 0.3) is 0 Å². The van der Waals surface area contributed by atoms with Crippen LogP contribution in [0, 0.1) is 5.92 Å². The number of hydrogen-bond acceptors (Lipinski definition) is 10. The molecule has 1 aliphatic rings. The van der Waals surface area contributed by atoms with Crippen LogP contribution in [0.3, 0.4) is 0 Å². The van der Waals surface area contributed by atoms with Crippen LogP contribution in [-0.2, 0) is 46.4 Å². The Morgan fingerprint density at radius 2 is 1.28 bits per heavy atom. The molecule has 330 valence electrons. The van der Waals surface area contributed by atoms with Crippen LogP contribution < -0.4 is 43.8 Å². The molecule has 0 aromatic heterocycles. The Bertz CT molecular complexity index is 1700. The van der Waals surface area contributed by atoms with Gasteiger partial charge < -0.3 is 58.0 Å². The van der Waals surface area contributed by atoms with Crippen LogP contribution in [0.5, 0.6) is 0 Å². The number of nitrogens with two attached hydrogens (primary N) is 3. The molecule has 18 nitrogen and oxygen atoms in total. The molecule has 4 atom stereocenters. The number of guanidine groups is 1.